The van der Waals surface area contributed by atoms with Gasteiger partial charge in [0.15, 0.2) is 0 Å². The zero-order valence-corrected chi connectivity index (χ0v) is 12.4. The zero-order chi connectivity index (χ0) is 15.7. The summed E-state index contributed by atoms with van der Waals surface area (Å²) in [4.78, 5) is 1.80. The van der Waals surface area contributed by atoms with Gasteiger partial charge in [-0.3, -0.25) is 0 Å². The van der Waals surface area contributed by atoms with Crippen molar-refractivity contribution in [1.82, 2.24) is 4.90 Å². The zero-order valence-electron chi connectivity index (χ0n) is 12.4. The number of hydrogen-bond acceptors (Lipinski definition) is 6. The standard InChI is InChI=1S/C15H22N2O4/c1-17(8-13(18)10-20-2)9-14(19)11-21-15-6-4-3-5-12(15)7-16/h3-6,13-14,18-19H,8-11H2,1-2H3. The molecule has 0 saturated carbocycles. The minimum absolute atomic E-state index is 0.0867. The molecule has 0 heterocycles. The van der Waals surface area contributed by atoms with Crippen LogP contribution in [0.2, 0.25) is 0 Å². The molecule has 0 saturated heterocycles. The quantitative estimate of drug-likeness (QED) is 0.678. The Hall–Kier alpha value is -1.65. The molecule has 6 nitrogen and oxygen atoms in total. The molecule has 1 aromatic carbocycles. The normalized spacial score (nSPS) is 13.7. The number of aliphatic hydroxyl groups is 2. The first-order valence-electron chi connectivity index (χ1n) is 6.72. The molecule has 0 aliphatic heterocycles. The highest BCUT2D eigenvalue weighted by Crippen LogP contribution is 2.16. The third-order valence-corrected chi connectivity index (χ3v) is 2.84. The molecule has 0 spiro atoms. The second-order valence-electron chi connectivity index (χ2n) is 4.90. The van der Waals surface area contributed by atoms with Crippen LogP contribution in [0.3, 0.4) is 0 Å². The summed E-state index contributed by atoms with van der Waals surface area (Å²) in [6.45, 7) is 1.10. The van der Waals surface area contributed by atoms with Crippen molar-refractivity contribution in [1.29, 1.82) is 5.26 Å². The van der Waals surface area contributed by atoms with Crippen molar-refractivity contribution < 1.29 is 19.7 Å². The van der Waals surface area contributed by atoms with Gasteiger partial charge in [0, 0.05) is 20.2 Å². The second-order valence-corrected chi connectivity index (χ2v) is 4.90. The number of hydrogen-bond donors (Lipinski definition) is 2. The van der Waals surface area contributed by atoms with Crippen LogP contribution in [-0.2, 0) is 4.74 Å². The highest BCUT2D eigenvalue weighted by Gasteiger charge is 2.13. The Morgan fingerprint density at radius 1 is 1.19 bits per heavy atom. The van der Waals surface area contributed by atoms with E-state index in [1.165, 1.54) is 7.11 Å². The average Bonchev–Trinajstić information content (AvgIpc) is 2.45. The summed E-state index contributed by atoms with van der Waals surface area (Å²) >= 11 is 0. The summed E-state index contributed by atoms with van der Waals surface area (Å²) in [6, 6.07) is 8.92. The van der Waals surface area contributed by atoms with Crippen LogP contribution >= 0.6 is 0 Å². The Labute approximate surface area is 125 Å². The molecule has 0 fully saturated rings. The Morgan fingerprint density at radius 2 is 1.81 bits per heavy atom. The topological polar surface area (TPSA) is 86.0 Å². The Kier molecular flexibility index (Phi) is 7.72. The van der Waals surface area contributed by atoms with E-state index < -0.39 is 12.2 Å². The van der Waals surface area contributed by atoms with Crippen molar-refractivity contribution >= 4 is 0 Å². The van der Waals surface area contributed by atoms with Gasteiger partial charge in [0.2, 0.25) is 0 Å². The number of nitriles is 1. The van der Waals surface area contributed by atoms with Crippen LogP contribution in [0.15, 0.2) is 24.3 Å². The van der Waals surface area contributed by atoms with Crippen molar-refractivity contribution in [2.45, 2.75) is 12.2 Å². The molecule has 1 aromatic rings. The molecule has 6 heteroatoms. The van der Waals surface area contributed by atoms with E-state index in [1.54, 1.807) is 36.2 Å². The highest BCUT2D eigenvalue weighted by molar-refractivity contribution is 5.42. The van der Waals surface area contributed by atoms with Gasteiger partial charge < -0.3 is 24.6 Å². The van der Waals surface area contributed by atoms with Gasteiger partial charge in [0.05, 0.1) is 18.3 Å². The van der Waals surface area contributed by atoms with E-state index in [4.69, 9.17) is 14.7 Å². The Balaban J connectivity index is 2.37. The number of rotatable bonds is 9. The maximum atomic E-state index is 9.92. The van der Waals surface area contributed by atoms with E-state index in [0.29, 0.717) is 24.4 Å². The summed E-state index contributed by atoms with van der Waals surface area (Å²) in [6.07, 6.45) is -1.30. The van der Waals surface area contributed by atoms with E-state index in [9.17, 15) is 10.2 Å². The third kappa shape index (κ3) is 6.56. The van der Waals surface area contributed by atoms with Gasteiger partial charge in [-0.2, -0.15) is 5.26 Å². The first kappa shape index (κ1) is 17.4. The highest BCUT2D eigenvalue weighted by atomic mass is 16.5. The lowest BCUT2D eigenvalue weighted by Gasteiger charge is -2.23. The molecule has 2 atom stereocenters. The molecule has 2 N–H and O–H groups in total. The number of likely N-dealkylation sites (N-methyl/N-ethyl adjacent to an activating group) is 1. The van der Waals surface area contributed by atoms with Crippen LogP contribution in [0.4, 0.5) is 0 Å². The summed E-state index contributed by atoms with van der Waals surface area (Å²) < 4.78 is 10.3. The SMILES string of the molecule is COCC(O)CN(C)CC(O)COc1ccccc1C#N. The van der Waals surface area contributed by atoms with Crippen molar-refractivity contribution in [2.75, 3.05) is 40.5 Å². The van der Waals surface area contributed by atoms with Crippen LogP contribution in [-0.4, -0.2) is 67.8 Å². The van der Waals surface area contributed by atoms with E-state index in [1.807, 2.05) is 6.07 Å². The van der Waals surface area contributed by atoms with Crippen molar-refractivity contribution in [3.8, 4) is 11.8 Å². The van der Waals surface area contributed by atoms with E-state index in [2.05, 4.69) is 0 Å². The Morgan fingerprint density at radius 3 is 2.43 bits per heavy atom. The molecular formula is C15H22N2O4. The largest absolute Gasteiger partial charge is 0.489 e. The summed E-state index contributed by atoms with van der Waals surface area (Å²) in [5.41, 5.74) is 0.438. The van der Waals surface area contributed by atoms with Crippen molar-refractivity contribution in [3.63, 3.8) is 0 Å². The summed E-state index contributed by atoms with van der Waals surface area (Å²) in [5, 5.41) is 28.5. The maximum Gasteiger partial charge on any atom is 0.137 e. The number of nitrogens with zero attached hydrogens (tertiary/aromatic N) is 2. The fourth-order valence-electron chi connectivity index (χ4n) is 1.96. The van der Waals surface area contributed by atoms with E-state index in [-0.39, 0.29) is 13.2 Å². The number of aliphatic hydroxyl groups excluding tert-OH is 2. The smallest absolute Gasteiger partial charge is 0.137 e. The van der Waals surface area contributed by atoms with Crippen LogP contribution < -0.4 is 4.74 Å². The number of ether oxygens (including phenoxy) is 2. The van der Waals surface area contributed by atoms with Crippen LogP contribution in [0.25, 0.3) is 0 Å². The van der Waals surface area contributed by atoms with Gasteiger partial charge in [-0.15, -0.1) is 0 Å². The molecule has 0 aliphatic rings. The molecular weight excluding hydrogens is 272 g/mol. The van der Waals surface area contributed by atoms with Crippen molar-refractivity contribution in [2.24, 2.45) is 0 Å². The van der Waals surface area contributed by atoms with Crippen LogP contribution in [0.5, 0.6) is 5.75 Å². The monoisotopic (exact) mass is 294 g/mol. The fraction of sp³-hybridized carbons (Fsp3) is 0.533. The molecule has 0 aliphatic carbocycles. The molecule has 1 rings (SSSR count). The summed E-state index contributed by atoms with van der Waals surface area (Å²) in [7, 11) is 3.32. The van der Waals surface area contributed by atoms with Gasteiger partial charge in [-0.1, -0.05) is 12.1 Å². The van der Waals surface area contributed by atoms with Gasteiger partial charge in [-0.05, 0) is 19.2 Å². The average molecular weight is 294 g/mol. The van der Waals surface area contributed by atoms with Crippen LogP contribution in [0.1, 0.15) is 5.56 Å². The van der Waals surface area contributed by atoms with Crippen molar-refractivity contribution in [3.05, 3.63) is 29.8 Å². The molecule has 116 valence electrons. The lowest BCUT2D eigenvalue weighted by Crippen LogP contribution is -2.38. The predicted octanol–water partition coefficient (Wildman–Crippen LogP) is 0.237. The maximum absolute atomic E-state index is 9.92. The van der Waals surface area contributed by atoms with Gasteiger partial charge >= 0.3 is 0 Å². The molecule has 0 bridgehead atoms. The third-order valence-electron chi connectivity index (χ3n) is 2.84. The molecule has 21 heavy (non-hydrogen) atoms. The Bertz CT molecular complexity index is 461. The van der Waals surface area contributed by atoms with E-state index in [0.717, 1.165) is 0 Å². The number of methoxy groups -OCH3 is 1. The first-order valence-corrected chi connectivity index (χ1v) is 6.72. The molecule has 0 amide bonds. The number of para-hydroxylation sites is 1. The van der Waals surface area contributed by atoms with E-state index >= 15 is 0 Å². The second kappa shape index (κ2) is 9.32. The lowest BCUT2D eigenvalue weighted by atomic mass is 10.2. The van der Waals surface area contributed by atoms with Gasteiger partial charge in [0.25, 0.3) is 0 Å². The van der Waals surface area contributed by atoms with Crippen LogP contribution in [0, 0.1) is 11.3 Å². The number of benzene rings is 1. The minimum Gasteiger partial charge on any atom is -0.489 e. The van der Waals surface area contributed by atoms with Gasteiger partial charge in [-0.25, -0.2) is 0 Å². The lowest BCUT2D eigenvalue weighted by molar-refractivity contribution is 0.0243. The molecule has 0 aromatic heterocycles. The minimum atomic E-state index is -0.712. The predicted molar refractivity (Wildman–Crippen MR) is 78.0 cm³/mol. The summed E-state index contributed by atoms with van der Waals surface area (Å²) in [5.74, 6) is 0.459. The van der Waals surface area contributed by atoms with Gasteiger partial charge in [0.1, 0.15) is 24.5 Å². The first-order chi connectivity index (χ1) is 10.1. The fourth-order valence-corrected chi connectivity index (χ4v) is 1.96. The molecule has 0 radical (unpaired) electrons. The molecule has 2 unspecified atom stereocenters.